The molecule has 120 valence electrons. The summed E-state index contributed by atoms with van der Waals surface area (Å²) in [6.07, 6.45) is 1.67. The predicted molar refractivity (Wildman–Crippen MR) is 87.1 cm³/mol. The van der Waals surface area contributed by atoms with Gasteiger partial charge in [0.2, 0.25) is 0 Å². The fourth-order valence-corrected chi connectivity index (χ4v) is 2.76. The van der Waals surface area contributed by atoms with Gasteiger partial charge < -0.3 is 14.9 Å². The zero-order chi connectivity index (χ0) is 16.0. The average Bonchev–Trinajstić information content (AvgIpc) is 2.44. The van der Waals surface area contributed by atoms with Crippen LogP contribution in [0.3, 0.4) is 0 Å². The molecule has 0 aliphatic carbocycles. The highest BCUT2D eigenvalue weighted by Gasteiger charge is 2.17. The van der Waals surface area contributed by atoms with Crippen molar-refractivity contribution in [1.82, 2.24) is 0 Å². The van der Waals surface area contributed by atoms with E-state index in [0.29, 0.717) is 19.4 Å². The smallest absolute Gasteiger partial charge is 0.122 e. The number of benzene rings is 1. The molecule has 1 aromatic rings. The van der Waals surface area contributed by atoms with Crippen LogP contribution in [0.25, 0.3) is 0 Å². The van der Waals surface area contributed by atoms with Crippen molar-refractivity contribution in [1.29, 1.82) is 0 Å². The molecule has 0 aliphatic rings. The number of ether oxygens (including phenoxy) is 1. The van der Waals surface area contributed by atoms with Gasteiger partial charge in [0, 0.05) is 0 Å². The number of hydrogen-bond acceptors (Lipinski definition) is 3. The van der Waals surface area contributed by atoms with E-state index < -0.39 is 12.2 Å². The summed E-state index contributed by atoms with van der Waals surface area (Å²) in [6, 6.07) is 2.08. The minimum atomic E-state index is -0.643. The van der Waals surface area contributed by atoms with Gasteiger partial charge in [-0.1, -0.05) is 13.3 Å². The quantitative estimate of drug-likeness (QED) is 0.772. The molecular formula is C18H30O3. The first-order valence-electron chi connectivity index (χ1n) is 8.00. The van der Waals surface area contributed by atoms with Crippen LogP contribution in [-0.2, 0) is 6.42 Å². The second-order valence-corrected chi connectivity index (χ2v) is 5.82. The maximum atomic E-state index is 10.0. The van der Waals surface area contributed by atoms with E-state index >= 15 is 0 Å². The van der Waals surface area contributed by atoms with Crippen molar-refractivity contribution < 1.29 is 14.9 Å². The summed E-state index contributed by atoms with van der Waals surface area (Å²) in [7, 11) is 0. The molecule has 2 N–H and O–H groups in total. The Labute approximate surface area is 129 Å². The van der Waals surface area contributed by atoms with Gasteiger partial charge in [-0.3, -0.25) is 0 Å². The molecule has 0 saturated heterocycles. The lowest BCUT2D eigenvalue weighted by Crippen LogP contribution is -2.26. The molecule has 1 aromatic carbocycles. The van der Waals surface area contributed by atoms with Crippen molar-refractivity contribution in [2.24, 2.45) is 0 Å². The SMILES string of the molecule is CCCC(O)C(O)CCc1c(C)cc(OCC)c(C)c1C. The second-order valence-electron chi connectivity index (χ2n) is 5.82. The van der Waals surface area contributed by atoms with Gasteiger partial charge in [0.05, 0.1) is 18.8 Å². The summed E-state index contributed by atoms with van der Waals surface area (Å²) in [5.74, 6) is 0.947. The van der Waals surface area contributed by atoms with Gasteiger partial charge in [0.15, 0.2) is 0 Å². The molecule has 0 aliphatic heterocycles. The maximum absolute atomic E-state index is 10.0. The lowest BCUT2D eigenvalue weighted by Gasteiger charge is -2.20. The number of aliphatic hydroxyl groups excluding tert-OH is 2. The third kappa shape index (κ3) is 4.72. The van der Waals surface area contributed by atoms with E-state index in [0.717, 1.165) is 18.6 Å². The van der Waals surface area contributed by atoms with E-state index in [1.807, 2.05) is 13.8 Å². The molecule has 0 amide bonds. The Kier molecular flexibility index (Phi) is 7.20. The van der Waals surface area contributed by atoms with Crippen molar-refractivity contribution in [3.63, 3.8) is 0 Å². The van der Waals surface area contributed by atoms with Crippen molar-refractivity contribution >= 4 is 0 Å². The van der Waals surface area contributed by atoms with Crippen LogP contribution in [0.1, 0.15) is 55.4 Å². The number of rotatable bonds is 8. The lowest BCUT2D eigenvalue weighted by molar-refractivity contribution is 0.00977. The highest BCUT2D eigenvalue weighted by molar-refractivity contribution is 5.48. The van der Waals surface area contributed by atoms with E-state index in [9.17, 15) is 10.2 Å². The Bertz CT molecular complexity index is 454. The molecule has 2 unspecified atom stereocenters. The molecule has 21 heavy (non-hydrogen) atoms. The van der Waals surface area contributed by atoms with Gasteiger partial charge >= 0.3 is 0 Å². The van der Waals surface area contributed by atoms with Gasteiger partial charge in [0.25, 0.3) is 0 Å². The summed E-state index contributed by atoms with van der Waals surface area (Å²) >= 11 is 0. The van der Waals surface area contributed by atoms with Crippen molar-refractivity contribution in [2.45, 2.75) is 72.5 Å². The normalized spacial score (nSPS) is 14.0. The van der Waals surface area contributed by atoms with Gasteiger partial charge in [-0.25, -0.2) is 0 Å². The summed E-state index contributed by atoms with van der Waals surface area (Å²) in [5, 5.41) is 19.9. The molecule has 0 bridgehead atoms. The Morgan fingerprint density at radius 3 is 2.19 bits per heavy atom. The zero-order valence-electron chi connectivity index (χ0n) is 14.1. The molecule has 3 heteroatoms. The van der Waals surface area contributed by atoms with Crippen LogP contribution < -0.4 is 4.74 Å². The first kappa shape index (κ1) is 18.0. The van der Waals surface area contributed by atoms with Gasteiger partial charge in [0.1, 0.15) is 5.75 Å². The highest BCUT2D eigenvalue weighted by Crippen LogP contribution is 2.29. The molecule has 0 radical (unpaired) electrons. The molecule has 2 atom stereocenters. The molecule has 0 heterocycles. The van der Waals surface area contributed by atoms with Crippen LogP contribution in [0.15, 0.2) is 6.07 Å². The van der Waals surface area contributed by atoms with E-state index in [2.05, 4.69) is 26.8 Å². The lowest BCUT2D eigenvalue weighted by atomic mass is 9.92. The monoisotopic (exact) mass is 294 g/mol. The van der Waals surface area contributed by atoms with E-state index in [1.54, 1.807) is 0 Å². The first-order chi connectivity index (χ1) is 9.92. The Balaban J connectivity index is 2.82. The Morgan fingerprint density at radius 2 is 1.62 bits per heavy atom. The Hall–Kier alpha value is -1.06. The van der Waals surface area contributed by atoms with Crippen LogP contribution in [0.2, 0.25) is 0 Å². The minimum absolute atomic E-state index is 0.594. The summed E-state index contributed by atoms with van der Waals surface area (Å²) in [5.41, 5.74) is 4.86. The third-order valence-electron chi connectivity index (χ3n) is 4.23. The molecule has 1 rings (SSSR count). The highest BCUT2D eigenvalue weighted by atomic mass is 16.5. The van der Waals surface area contributed by atoms with Gasteiger partial charge in [-0.2, -0.15) is 0 Å². The van der Waals surface area contributed by atoms with Crippen LogP contribution in [0.5, 0.6) is 5.75 Å². The van der Waals surface area contributed by atoms with E-state index in [-0.39, 0.29) is 0 Å². The van der Waals surface area contributed by atoms with Gasteiger partial charge in [-0.05, 0) is 75.3 Å². The largest absolute Gasteiger partial charge is 0.494 e. The van der Waals surface area contributed by atoms with Crippen molar-refractivity contribution in [3.05, 3.63) is 28.3 Å². The van der Waals surface area contributed by atoms with E-state index in [4.69, 9.17) is 4.74 Å². The van der Waals surface area contributed by atoms with Crippen LogP contribution in [0.4, 0.5) is 0 Å². The van der Waals surface area contributed by atoms with Crippen LogP contribution >= 0.6 is 0 Å². The predicted octanol–water partition coefficient (Wildman–Crippen LogP) is 3.47. The fraction of sp³-hybridized carbons (Fsp3) is 0.667. The number of hydrogen-bond donors (Lipinski definition) is 2. The number of aliphatic hydroxyl groups is 2. The average molecular weight is 294 g/mol. The molecule has 0 aromatic heterocycles. The molecule has 0 fully saturated rings. The first-order valence-corrected chi connectivity index (χ1v) is 8.00. The third-order valence-corrected chi connectivity index (χ3v) is 4.23. The topological polar surface area (TPSA) is 49.7 Å². The number of aryl methyl sites for hydroxylation is 1. The standard InChI is InChI=1S/C18H30O3/c1-6-8-16(19)17(20)10-9-15-12(3)11-18(21-7-2)14(5)13(15)4/h11,16-17,19-20H,6-10H2,1-5H3. The van der Waals surface area contributed by atoms with E-state index in [1.165, 1.54) is 22.3 Å². The molecule has 3 nitrogen and oxygen atoms in total. The fourth-order valence-electron chi connectivity index (χ4n) is 2.76. The summed E-state index contributed by atoms with van der Waals surface area (Å²) < 4.78 is 5.66. The van der Waals surface area contributed by atoms with Crippen LogP contribution in [0, 0.1) is 20.8 Å². The molecule has 0 spiro atoms. The summed E-state index contributed by atoms with van der Waals surface area (Å²) in [4.78, 5) is 0. The molecule has 0 saturated carbocycles. The molecular weight excluding hydrogens is 264 g/mol. The second kappa shape index (κ2) is 8.40. The maximum Gasteiger partial charge on any atom is 0.122 e. The van der Waals surface area contributed by atoms with Crippen molar-refractivity contribution in [2.75, 3.05) is 6.61 Å². The zero-order valence-corrected chi connectivity index (χ0v) is 14.1. The van der Waals surface area contributed by atoms with Crippen LogP contribution in [-0.4, -0.2) is 29.0 Å². The van der Waals surface area contributed by atoms with Gasteiger partial charge in [-0.15, -0.1) is 0 Å². The van der Waals surface area contributed by atoms with Crippen molar-refractivity contribution in [3.8, 4) is 5.75 Å². The minimum Gasteiger partial charge on any atom is -0.494 e. The summed E-state index contributed by atoms with van der Waals surface area (Å²) in [6.45, 7) is 10.9. The Morgan fingerprint density at radius 1 is 1.00 bits per heavy atom.